The Morgan fingerprint density at radius 2 is 1.94 bits per heavy atom. The molecule has 5 heteroatoms. The van der Waals surface area contributed by atoms with Crippen LogP contribution in [0.2, 0.25) is 0 Å². The third-order valence-corrected chi connectivity index (χ3v) is 2.07. The van der Waals surface area contributed by atoms with Crippen LogP contribution >= 0.6 is 0 Å². The first-order valence-corrected chi connectivity index (χ1v) is 4.46. The van der Waals surface area contributed by atoms with Crippen molar-refractivity contribution in [3.63, 3.8) is 0 Å². The molecule has 0 atom stereocenters. The standard InChI is InChI=1S/C11H11NO4/c1-4-5-8-6-10(15-2)11(16-3)7-9(8)12(13)14/h1,6-7H,5H2,2-3H3. The van der Waals surface area contributed by atoms with E-state index in [0.717, 1.165) is 0 Å². The van der Waals surface area contributed by atoms with Gasteiger partial charge >= 0.3 is 0 Å². The van der Waals surface area contributed by atoms with E-state index in [1.54, 1.807) is 0 Å². The second-order valence-electron chi connectivity index (χ2n) is 2.97. The van der Waals surface area contributed by atoms with Crippen LogP contribution in [0.1, 0.15) is 5.56 Å². The molecule has 1 aromatic carbocycles. The maximum absolute atomic E-state index is 10.8. The lowest BCUT2D eigenvalue weighted by Gasteiger charge is -2.09. The summed E-state index contributed by atoms with van der Waals surface area (Å²) in [4.78, 5) is 10.3. The summed E-state index contributed by atoms with van der Waals surface area (Å²) in [5.41, 5.74) is 0.376. The van der Waals surface area contributed by atoms with E-state index in [1.165, 1.54) is 26.4 Å². The highest BCUT2D eigenvalue weighted by Crippen LogP contribution is 2.34. The van der Waals surface area contributed by atoms with Crippen LogP contribution in [0.4, 0.5) is 5.69 Å². The number of rotatable bonds is 4. The summed E-state index contributed by atoms with van der Waals surface area (Å²) < 4.78 is 10.0. The van der Waals surface area contributed by atoms with Gasteiger partial charge in [-0.15, -0.1) is 12.3 Å². The average molecular weight is 221 g/mol. The Morgan fingerprint density at radius 1 is 1.38 bits per heavy atom. The van der Waals surface area contributed by atoms with E-state index >= 15 is 0 Å². The van der Waals surface area contributed by atoms with Gasteiger partial charge in [-0.3, -0.25) is 10.1 Å². The van der Waals surface area contributed by atoms with E-state index in [9.17, 15) is 10.1 Å². The first kappa shape index (κ1) is 11.9. The smallest absolute Gasteiger partial charge is 0.277 e. The highest BCUT2D eigenvalue weighted by atomic mass is 16.6. The predicted molar refractivity (Wildman–Crippen MR) is 58.7 cm³/mol. The van der Waals surface area contributed by atoms with Gasteiger partial charge in [0.05, 0.1) is 25.2 Å². The fraction of sp³-hybridized carbons (Fsp3) is 0.273. The van der Waals surface area contributed by atoms with E-state index in [4.69, 9.17) is 15.9 Å². The van der Waals surface area contributed by atoms with Gasteiger partial charge < -0.3 is 9.47 Å². The molecule has 0 spiro atoms. The van der Waals surface area contributed by atoms with Crippen LogP contribution in [-0.4, -0.2) is 19.1 Å². The van der Waals surface area contributed by atoms with Crippen LogP contribution in [0, 0.1) is 22.5 Å². The maximum atomic E-state index is 10.8. The summed E-state index contributed by atoms with van der Waals surface area (Å²) in [6.07, 6.45) is 5.32. The second kappa shape index (κ2) is 5.03. The van der Waals surface area contributed by atoms with Crippen LogP contribution in [0.15, 0.2) is 12.1 Å². The van der Waals surface area contributed by atoms with Crippen LogP contribution in [0.25, 0.3) is 0 Å². The molecule has 0 radical (unpaired) electrons. The topological polar surface area (TPSA) is 61.6 Å². The molecule has 0 unspecified atom stereocenters. The van der Waals surface area contributed by atoms with Crippen LogP contribution in [0.3, 0.4) is 0 Å². The van der Waals surface area contributed by atoms with Crippen molar-refractivity contribution in [2.75, 3.05) is 14.2 Å². The zero-order chi connectivity index (χ0) is 12.1. The first-order valence-electron chi connectivity index (χ1n) is 4.46. The fourth-order valence-electron chi connectivity index (χ4n) is 1.33. The number of terminal acetylenes is 1. The predicted octanol–water partition coefficient (Wildman–Crippen LogP) is 1.79. The van der Waals surface area contributed by atoms with Crippen LogP contribution in [0.5, 0.6) is 11.5 Å². The van der Waals surface area contributed by atoms with Crippen LogP contribution in [-0.2, 0) is 6.42 Å². The molecule has 84 valence electrons. The van der Waals surface area contributed by atoms with Crippen LogP contribution < -0.4 is 9.47 Å². The molecule has 0 aromatic heterocycles. The van der Waals surface area contributed by atoms with Gasteiger partial charge in [0, 0.05) is 12.0 Å². The third kappa shape index (κ3) is 2.23. The van der Waals surface area contributed by atoms with E-state index in [1.807, 2.05) is 0 Å². The lowest BCUT2D eigenvalue weighted by Crippen LogP contribution is -1.98. The Kier molecular flexibility index (Phi) is 3.72. The van der Waals surface area contributed by atoms with Crippen molar-refractivity contribution in [2.45, 2.75) is 6.42 Å². The Balaban J connectivity index is 3.36. The monoisotopic (exact) mass is 221 g/mol. The lowest BCUT2D eigenvalue weighted by molar-refractivity contribution is -0.385. The molecule has 1 aromatic rings. The SMILES string of the molecule is C#CCc1cc(OC)c(OC)cc1[N+](=O)[O-]. The molecule has 0 saturated carbocycles. The molecule has 0 aliphatic carbocycles. The summed E-state index contributed by atoms with van der Waals surface area (Å²) in [6, 6.07) is 2.84. The highest BCUT2D eigenvalue weighted by Gasteiger charge is 2.18. The van der Waals surface area contributed by atoms with E-state index < -0.39 is 4.92 Å². The van der Waals surface area contributed by atoms with Gasteiger partial charge in [0.2, 0.25) is 0 Å². The van der Waals surface area contributed by atoms with Gasteiger partial charge in [-0.1, -0.05) is 0 Å². The molecule has 0 N–H and O–H groups in total. The molecule has 0 aliphatic heterocycles. The Morgan fingerprint density at radius 3 is 2.38 bits per heavy atom. The normalized spacial score (nSPS) is 9.31. The summed E-state index contributed by atoms with van der Waals surface area (Å²) in [5, 5.41) is 10.8. The first-order chi connectivity index (χ1) is 7.63. The number of hydrogen-bond donors (Lipinski definition) is 0. The molecule has 0 amide bonds. The van der Waals surface area contributed by atoms with E-state index in [-0.39, 0.29) is 12.1 Å². The molecule has 0 heterocycles. The summed E-state index contributed by atoms with van der Waals surface area (Å²) in [7, 11) is 2.88. The number of nitro groups is 1. The minimum atomic E-state index is -0.491. The highest BCUT2D eigenvalue weighted by molar-refractivity contribution is 5.55. The number of benzene rings is 1. The van der Waals surface area contributed by atoms with E-state index in [0.29, 0.717) is 17.1 Å². The minimum Gasteiger partial charge on any atom is -0.493 e. The lowest BCUT2D eigenvalue weighted by atomic mass is 10.1. The largest absolute Gasteiger partial charge is 0.493 e. The molecule has 0 saturated heterocycles. The molecular formula is C11H11NO4. The summed E-state index contributed by atoms with van der Waals surface area (Å²) in [5.74, 6) is 3.11. The molecule has 5 nitrogen and oxygen atoms in total. The Labute approximate surface area is 93.1 Å². The second-order valence-corrected chi connectivity index (χ2v) is 2.97. The minimum absolute atomic E-state index is 0.0596. The maximum Gasteiger partial charge on any atom is 0.277 e. The molecule has 0 bridgehead atoms. The van der Waals surface area contributed by atoms with Crippen molar-refractivity contribution in [2.24, 2.45) is 0 Å². The van der Waals surface area contributed by atoms with E-state index in [2.05, 4.69) is 5.92 Å². The number of nitrogens with zero attached hydrogens (tertiary/aromatic N) is 1. The van der Waals surface area contributed by atoms with Crippen molar-refractivity contribution in [1.29, 1.82) is 0 Å². The number of hydrogen-bond acceptors (Lipinski definition) is 4. The zero-order valence-electron chi connectivity index (χ0n) is 9.02. The van der Waals surface area contributed by atoms with Crippen molar-refractivity contribution in [3.8, 4) is 23.8 Å². The van der Waals surface area contributed by atoms with Gasteiger partial charge in [0.15, 0.2) is 11.5 Å². The van der Waals surface area contributed by atoms with Gasteiger partial charge in [-0.05, 0) is 6.07 Å². The number of ether oxygens (including phenoxy) is 2. The average Bonchev–Trinajstić information content (AvgIpc) is 2.28. The molecule has 0 aliphatic rings. The zero-order valence-corrected chi connectivity index (χ0v) is 9.02. The summed E-state index contributed by atoms with van der Waals surface area (Å²) in [6.45, 7) is 0. The fourth-order valence-corrected chi connectivity index (χ4v) is 1.33. The van der Waals surface area contributed by atoms with Gasteiger partial charge in [-0.2, -0.15) is 0 Å². The molecule has 0 fully saturated rings. The molecular weight excluding hydrogens is 210 g/mol. The van der Waals surface area contributed by atoms with Crippen molar-refractivity contribution in [1.82, 2.24) is 0 Å². The third-order valence-electron chi connectivity index (χ3n) is 2.07. The van der Waals surface area contributed by atoms with Gasteiger partial charge in [0.1, 0.15) is 0 Å². The molecule has 1 rings (SSSR count). The van der Waals surface area contributed by atoms with Crippen molar-refractivity contribution in [3.05, 3.63) is 27.8 Å². The number of methoxy groups -OCH3 is 2. The van der Waals surface area contributed by atoms with Gasteiger partial charge in [0.25, 0.3) is 5.69 Å². The summed E-state index contributed by atoms with van der Waals surface area (Å²) >= 11 is 0. The van der Waals surface area contributed by atoms with Crippen molar-refractivity contribution < 1.29 is 14.4 Å². The quantitative estimate of drug-likeness (QED) is 0.441. The van der Waals surface area contributed by atoms with Gasteiger partial charge in [-0.25, -0.2) is 0 Å². The molecule has 16 heavy (non-hydrogen) atoms. The number of nitro benzene ring substituents is 1. The van der Waals surface area contributed by atoms with Crippen molar-refractivity contribution >= 4 is 5.69 Å². The Bertz CT molecular complexity index is 448. The Hall–Kier alpha value is -2.22.